The molecule has 0 aromatic heterocycles. The third-order valence-electron chi connectivity index (χ3n) is 3.91. The van der Waals surface area contributed by atoms with Gasteiger partial charge in [0.1, 0.15) is 12.0 Å². The zero-order valence-electron chi connectivity index (χ0n) is 16.6. The number of methoxy groups -OCH3 is 3. The molecule has 31 heavy (non-hydrogen) atoms. The van der Waals surface area contributed by atoms with Crippen molar-refractivity contribution >= 4 is 63.7 Å². The largest absolute Gasteiger partial charge is 0.493 e. The molecule has 7 nitrogen and oxygen atoms in total. The van der Waals surface area contributed by atoms with E-state index in [1.165, 1.54) is 57.7 Å². The summed E-state index contributed by atoms with van der Waals surface area (Å²) < 4.78 is 26.8. The Balaban J connectivity index is 2.19. The summed E-state index contributed by atoms with van der Waals surface area (Å²) in [6.45, 7) is 0. The van der Waals surface area contributed by atoms with E-state index >= 15 is 0 Å². The number of ether oxygens (including phenoxy) is 3. The first-order valence-corrected chi connectivity index (χ1v) is 10.1. The van der Waals surface area contributed by atoms with Gasteiger partial charge in [0.15, 0.2) is 16.6 Å². The van der Waals surface area contributed by atoms with Crippen LogP contribution in [0, 0.1) is 5.82 Å². The van der Waals surface area contributed by atoms with Gasteiger partial charge in [-0.2, -0.15) is 0 Å². The molecule has 2 aromatic rings. The molecule has 3 N–H and O–H groups in total. The first-order valence-electron chi connectivity index (χ1n) is 8.59. The Kier molecular flexibility index (Phi) is 8.81. The molecular formula is C19H19Cl3FN3O4S. The average Bonchev–Trinajstić information content (AvgIpc) is 2.72. The number of carbonyl (C=O) groups is 1. The van der Waals surface area contributed by atoms with Gasteiger partial charge < -0.3 is 30.2 Å². The fourth-order valence-electron chi connectivity index (χ4n) is 2.46. The molecular weight excluding hydrogens is 492 g/mol. The molecule has 0 spiro atoms. The normalized spacial score (nSPS) is 11.8. The van der Waals surface area contributed by atoms with E-state index in [1.54, 1.807) is 0 Å². The number of hydrogen-bond donors (Lipinski definition) is 3. The van der Waals surface area contributed by atoms with Crippen molar-refractivity contribution in [2.75, 3.05) is 26.6 Å². The zero-order valence-corrected chi connectivity index (χ0v) is 19.7. The lowest BCUT2D eigenvalue weighted by Gasteiger charge is -2.28. The summed E-state index contributed by atoms with van der Waals surface area (Å²) in [4.78, 5) is 12.8. The highest BCUT2D eigenvalue weighted by Gasteiger charge is 2.35. The van der Waals surface area contributed by atoms with Crippen LogP contribution >= 0.6 is 47.0 Å². The van der Waals surface area contributed by atoms with Crippen molar-refractivity contribution in [1.29, 1.82) is 0 Å². The van der Waals surface area contributed by atoms with E-state index in [1.807, 2.05) is 0 Å². The maximum Gasteiger partial charge on any atom is 0.253 e. The third kappa shape index (κ3) is 6.90. The highest BCUT2D eigenvalue weighted by Crippen LogP contribution is 2.38. The third-order valence-corrected chi connectivity index (χ3v) is 4.78. The SMILES string of the molecule is COc1cc(C(=O)N[C@@H](NC(=S)Nc2ccc(F)cc2)C(Cl)(Cl)Cl)cc(OC)c1OC. The Morgan fingerprint density at radius 3 is 2.00 bits per heavy atom. The number of benzene rings is 2. The predicted molar refractivity (Wildman–Crippen MR) is 123 cm³/mol. The van der Waals surface area contributed by atoms with Gasteiger partial charge in [-0.1, -0.05) is 34.8 Å². The minimum Gasteiger partial charge on any atom is -0.493 e. The summed E-state index contributed by atoms with van der Waals surface area (Å²) in [5.74, 6) is -0.131. The molecule has 0 aliphatic carbocycles. The van der Waals surface area contributed by atoms with E-state index < -0.39 is 21.7 Å². The number of halogens is 4. The van der Waals surface area contributed by atoms with E-state index in [4.69, 9.17) is 61.2 Å². The van der Waals surface area contributed by atoms with Crippen LogP contribution < -0.4 is 30.2 Å². The first kappa shape index (κ1) is 25.1. The molecule has 1 atom stereocenters. The van der Waals surface area contributed by atoms with Gasteiger partial charge in [0.25, 0.3) is 5.91 Å². The number of thiocarbonyl (C=S) groups is 1. The number of amides is 1. The number of alkyl halides is 3. The van der Waals surface area contributed by atoms with Crippen molar-refractivity contribution in [3.63, 3.8) is 0 Å². The lowest BCUT2D eigenvalue weighted by atomic mass is 10.1. The monoisotopic (exact) mass is 509 g/mol. The maximum atomic E-state index is 13.0. The van der Waals surface area contributed by atoms with Crippen LogP contribution in [0.3, 0.4) is 0 Å². The van der Waals surface area contributed by atoms with E-state index in [9.17, 15) is 9.18 Å². The summed E-state index contributed by atoms with van der Waals surface area (Å²) in [5.41, 5.74) is 0.658. The molecule has 0 aliphatic heterocycles. The van der Waals surface area contributed by atoms with Gasteiger partial charge in [-0.25, -0.2) is 4.39 Å². The molecule has 0 bridgehead atoms. The highest BCUT2D eigenvalue weighted by molar-refractivity contribution is 7.80. The molecule has 0 heterocycles. The topological polar surface area (TPSA) is 80.9 Å². The van der Waals surface area contributed by atoms with Gasteiger partial charge in [-0.05, 0) is 48.6 Å². The van der Waals surface area contributed by atoms with Crippen LogP contribution in [0.25, 0.3) is 0 Å². The Bertz CT molecular complexity index is 917. The predicted octanol–water partition coefficient (Wildman–Crippen LogP) is 4.26. The molecule has 0 fully saturated rings. The van der Waals surface area contributed by atoms with Crippen LogP contribution in [-0.4, -0.2) is 42.3 Å². The van der Waals surface area contributed by atoms with Crippen LogP contribution in [-0.2, 0) is 0 Å². The second kappa shape index (κ2) is 10.9. The Hall–Kier alpha value is -2.20. The number of carbonyl (C=O) groups excluding carboxylic acids is 1. The van der Waals surface area contributed by atoms with Gasteiger partial charge in [-0.3, -0.25) is 4.79 Å². The minimum absolute atomic E-state index is 0.0353. The minimum atomic E-state index is -1.97. The number of rotatable bonds is 7. The summed E-state index contributed by atoms with van der Waals surface area (Å²) in [5, 5.41) is 8.11. The zero-order chi connectivity index (χ0) is 23.2. The van der Waals surface area contributed by atoms with Gasteiger partial charge in [0.05, 0.1) is 21.3 Å². The summed E-state index contributed by atoms with van der Waals surface area (Å²) >= 11 is 23.2. The standard InChI is InChI=1S/C19H19Cl3FN3O4S/c1-28-13-8-10(9-14(29-2)15(13)30-3)16(27)25-17(19(20,21)22)26-18(31)24-12-6-4-11(23)5-7-12/h4-9,17H,1-3H3,(H,25,27)(H2,24,26,31)/t17-/m0/s1. The van der Waals surface area contributed by atoms with Crippen LogP contribution in [0.2, 0.25) is 0 Å². The van der Waals surface area contributed by atoms with Gasteiger partial charge in [-0.15, -0.1) is 0 Å². The molecule has 0 saturated carbocycles. The first-order chi connectivity index (χ1) is 14.6. The van der Waals surface area contributed by atoms with Gasteiger partial charge in [0.2, 0.25) is 9.54 Å². The van der Waals surface area contributed by atoms with Crippen LogP contribution in [0.15, 0.2) is 36.4 Å². The average molecular weight is 511 g/mol. The molecule has 1 amide bonds. The Morgan fingerprint density at radius 2 is 1.55 bits per heavy atom. The van der Waals surface area contributed by atoms with E-state index in [0.717, 1.165) is 0 Å². The number of nitrogens with one attached hydrogen (secondary N) is 3. The van der Waals surface area contributed by atoms with Crippen molar-refractivity contribution in [3.05, 3.63) is 47.8 Å². The van der Waals surface area contributed by atoms with Crippen LogP contribution in [0.4, 0.5) is 10.1 Å². The van der Waals surface area contributed by atoms with Gasteiger partial charge in [0, 0.05) is 11.3 Å². The second-order valence-corrected chi connectivity index (χ2v) is 8.74. The molecule has 0 saturated heterocycles. The lowest BCUT2D eigenvalue weighted by molar-refractivity contribution is 0.0933. The summed E-state index contributed by atoms with van der Waals surface area (Å²) in [7, 11) is 4.28. The number of hydrogen-bond acceptors (Lipinski definition) is 5. The fourth-order valence-corrected chi connectivity index (χ4v) is 3.02. The van der Waals surface area contributed by atoms with Crippen molar-refractivity contribution in [2.24, 2.45) is 0 Å². The van der Waals surface area contributed by atoms with E-state index in [0.29, 0.717) is 11.4 Å². The lowest BCUT2D eigenvalue weighted by Crippen LogP contribution is -2.56. The Morgan fingerprint density at radius 1 is 1.00 bits per heavy atom. The molecule has 2 rings (SSSR count). The maximum absolute atomic E-state index is 13.0. The molecule has 168 valence electrons. The van der Waals surface area contributed by atoms with Crippen LogP contribution in [0.5, 0.6) is 17.2 Å². The summed E-state index contributed by atoms with van der Waals surface area (Å²) in [6.07, 6.45) is -1.22. The fraction of sp³-hybridized carbons (Fsp3) is 0.263. The molecule has 0 aliphatic rings. The van der Waals surface area contributed by atoms with Crippen molar-refractivity contribution < 1.29 is 23.4 Å². The second-order valence-electron chi connectivity index (χ2n) is 5.97. The van der Waals surface area contributed by atoms with Crippen molar-refractivity contribution in [1.82, 2.24) is 10.6 Å². The molecule has 2 aromatic carbocycles. The van der Waals surface area contributed by atoms with Crippen LogP contribution in [0.1, 0.15) is 10.4 Å². The molecule has 0 radical (unpaired) electrons. The smallest absolute Gasteiger partial charge is 0.253 e. The van der Waals surface area contributed by atoms with Crippen molar-refractivity contribution in [3.8, 4) is 17.2 Å². The molecule has 12 heteroatoms. The molecule has 0 unspecified atom stereocenters. The van der Waals surface area contributed by atoms with E-state index in [2.05, 4.69) is 16.0 Å². The Labute approximate surface area is 199 Å². The van der Waals surface area contributed by atoms with Gasteiger partial charge >= 0.3 is 0 Å². The van der Waals surface area contributed by atoms with E-state index in [-0.39, 0.29) is 22.2 Å². The highest BCUT2D eigenvalue weighted by atomic mass is 35.6. The number of anilines is 1. The quantitative estimate of drug-likeness (QED) is 0.292. The summed E-state index contributed by atoms with van der Waals surface area (Å²) in [6, 6.07) is 8.35. The van der Waals surface area contributed by atoms with Crippen molar-refractivity contribution in [2.45, 2.75) is 9.96 Å².